The van der Waals surface area contributed by atoms with Crippen LogP contribution in [-0.2, 0) is 14.3 Å². The molecule has 0 aromatic rings. The number of aliphatic hydroxyl groups excluding tert-OH is 2. The molecule has 0 saturated heterocycles. The van der Waals surface area contributed by atoms with Crippen molar-refractivity contribution in [2.45, 2.75) is 379 Å². The third-order valence-electron chi connectivity index (χ3n) is 15.5. The number of aliphatic hydroxyl groups is 2. The van der Waals surface area contributed by atoms with Crippen LogP contribution in [0.25, 0.3) is 0 Å². The van der Waals surface area contributed by atoms with Crippen LogP contribution in [0.4, 0.5) is 0 Å². The normalized spacial score (nSPS) is 12.7. The molecule has 0 aliphatic rings. The highest BCUT2D eigenvalue weighted by Crippen LogP contribution is 2.18. The number of ether oxygens (including phenoxy) is 1. The predicted molar refractivity (Wildman–Crippen MR) is 320 cm³/mol. The van der Waals surface area contributed by atoms with Gasteiger partial charge >= 0.3 is 5.97 Å². The summed E-state index contributed by atoms with van der Waals surface area (Å²) in [6.07, 6.45) is 78.3. The van der Waals surface area contributed by atoms with Crippen LogP contribution in [0.3, 0.4) is 0 Å². The molecule has 1 amide bonds. The van der Waals surface area contributed by atoms with Gasteiger partial charge in [-0.2, -0.15) is 0 Å². The summed E-state index contributed by atoms with van der Waals surface area (Å²) in [5.74, 6) is -0.0478. The van der Waals surface area contributed by atoms with Crippen LogP contribution in [-0.4, -0.2) is 47.4 Å². The van der Waals surface area contributed by atoms with Crippen LogP contribution in [0.15, 0.2) is 24.3 Å². The highest BCUT2D eigenvalue weighted by atomic mass is 16.5. The molecule has 0 bridgehead atoms. The molecule has 73 heavy (non-hydrogen) atoms. The predicted octanol–water partition coefficient (Wildman–Crippen LogP) is 21.0. The molecule has 0 spiro atoms. The number of nitrogens with one attached hydrogen (secondary N) is 1. The van der Waals surface area contributed by atoms with Crippen molar-refractivity contribution in [1.82, 2.24) is 5.32 Å². The maximum atomic E-state index is 12.4. The maximum Gasteiger partial charge on any atom is 0.305 e. The van der Waals surface area contributed by atoms with Gasteiger partial charge in [0.25, 0.3) is 0 Å². The van der Waals surface area contributed by atoms with E-state index in [2.05, 4.69) is 31.3 Å². The van der Waals surface area contributed by atoms with Gasteiger partial charge in [0.15, 0.2) is 0 Å². The molecule has 2 atom stereocenters. The number of hydrogen-bond acceptors (Lipinski definition) is 5. The number of carbonyl (C=O) groups is 2. The summed E-state index contributed by atoms with van der Waals surface area (Å²) >= 11 is 0. The Morgan fingerprint density at radius 3 is 0.973 bits per heavy atom. The van der Waals surface area contributed by atoms with E-state index in [1.165, 1.54) is 302 Å². The SMILES string of the molecule is CCCCCCCCC/C=C/C(O)C(CO)NC(=O)CCCCCCCCCCCCCCC/C=C\CCCCCCCCCCCCCCOC(=O)CCCCCCCCCCCCCCCCCCCC. The summed E-state index contributed by atoms with van der Waals surface area (Å²) in [6.45, 7) is 4.90. The Morgan fingerprint density at radius 2 is 0.644 bits per heavy atom. The number of carbonyl (C=O) groups excluding carboxylic acids is 2. The lowest BCUT2D eigenvalue weighted by molar-refractivity contribution is -0.143. The highest BCUT2D eigenvalue weighted by Gasteiger charge is 2.18. The summed E-state index contributed by atoms with van der Waals surface area (Å²) in [5.41, 5.74) is 0. The van der Waals surface area contributed by atoms with E-state index in [1.807, 2.05) is 6.08 Å². The second kappa shape index (κ2) is 62.9. The topological polar surface area (TPSA) is 95.9 Å². The van der Waals surface area contributed by atoms with Crippen LogP contribution >= 0.6 is 0 Å². The zero-order valence-corrected chi connectivity index (χ0v) is 49.4. The summed E-state index contributed by atoms with van der Waals surface area (Å²) in [4.78, 5) is 24.5. The molecule has 0 rings (SSSR count). The second-order valence-electron chi connectivity index (χ2n) is 22.8. The van der Waals surface area contributed by atoms with Crippen LogP contribution in [0.5, 0.6) is 0 Å². The van der Waals surface area contributed by atoms with Crippen molar-refractivity contribution in [3.63, 3.8) is 0 Å². The third kappa shape index (κ3) is 59.4. The first-order valence-electron chi connectivity index (χ1n) is 33.1. The second-order valence-corrected chi connectivity index (χ2v) is 22.8. The van der Waals surface area contributed by atoms with Crippen molar-refractivity contribution >= 4 is 11.9 Å². The van der Waals surface area contributed by atoms with Gasteiger partial charge in [-0.15, -0.1) is 0 Å². The van der Waals surface area contributed by atoms with Gasteiger partial charge in [0, 0.05) is 12.8 Å². The van der Waals surface area contributed by atoms with Crippen LogP contribution < -0.4 is 5.32 Å². The summed E-state index contributed by atoms with van der Waals surface area (Å²) in [6, 6.07) is -0.625. The zero-order chi connectivity index (χ0) is 52.9. The summed E-state index contributed by atoms with van der Waals surface area (Å²) < 4.78 is 5.51. The average molecular weight is 1030 g/mol. The van der Waals surface area contributed by atoms with Gasteiger partial charge in [-0.3, -0.25) is 9.59 Å². The van der Waals surface area contributed by atoms with E-state index in [1.54, 1.807) is 6.08 Å². The number of unbranched alkanes of at least 4 members (excludes halogenated alkanes) is 49. The monoisotopic (exact) mass is 1030 g/mol. The fraction of sp³-hybridized carbons (Fsp3) is 0.910. The number of amides is 1. The number of rotatable bonds is 62. The highest BCUT2D eigenvalue weighted by molar-refractivity contribution is 5.76. The summed E-state index contributed by atoms with van der Waals surface area (Å²) in [7, 11) is 0. The van der Waals surface area contributed by atoms with Gasteiger partial charge in [0.2, 0.25) is 5.91 Å². The quantitative estimate of drug-likeness (QED) is 0.0320. The lowest BCUT2D eigenvalue weighted by Gasteiger charge is -2.20. The fourth-order valence-corrected chi connectivity index (χ4v) is 10.4. The first-order valence-corrected chi connectivity index (χ1v) is 33.1. The maximum absolute atomic E-state index is 12.4. The molecule has 0 aromatic carbocycles. The molecule has 0 heterocycles. The Hall–Kier alpha value is -1.66. The Balaban J connectivity index is 3.33. The lowest BCUT2D eigenvalue weighted by atomic mass is 10.0. The number of allylic oxidation sites excluding steroid dienone is 3. The van der Waals surface area contributed by atoms with Crippen molar-refractivity contribution in [1.29, 1.82) is 0 Å². The largest absolute Gasteiger partial charge is 0.466 e. The molecular formula is C67H129NO5. The van der Waals surface area contributed by atoms with Crippen molar-refractivity contribution in [3.05, 3.63) is 24.3 Å². The minimum Gasteiger partial charge on any atom is -0.466 e. The van der Waals surface area contributed by atoms with Crippen molar-refractivity contribution in [3.8, 4) is 0 Å². The van der Waals surface area contributed by atoms with E-state index in [0.717, 1.165) is 38.5 Å². The molecule has 0 aliphatic heterocycles. The Bertz CT molecular complexity index is 1140. The molecule has 6 nitrogen and oxygen atoms in total. The van der Waals surface area contributed by atoms with E-state index in [-0.39, 0.29) is 18.5 Å². The van der Waals surface area contributed by atoms with E-state index < -0.39 is 12.1 Å². The minimum absolute atomic E-state index is 0.0209. The third-order valence-corrected chi connectivity index (χ3v) is 15.5. The molecule has 2 unspecified atom stereocenters. The van der Waals surface area contributed by atoms with Gasteiger partial charge in [-0.25, -0.2) is 0 Å². The fourth-order valence-electron chi connectivity index (χ4n) is 10.4. The van der Waals surface area contributed by atoms with Gasteiger partial charge in [0.1, 0.15) is 0 Å². The smallest absolute Gasteiger partial charge is 0.305 e. The molecular weight excluding hydrogens is 899 g/mol. The molecule has 0 fully saturated rings. The van der Waals surface area contributed by atoms with Gasteiger partial charge in [-0.1, -0.05) is 321 Å². The van der Waals surface area contributed by atoms with Crippen molar-refractivity contribution in [2.75, 3.05) is 13.2 Å². The average Bonchev–Trinajstić information content (AvgIpc) is 3.39. The molecule has 0 aliphatic carbocycles. The first kappa shape index (κ1) is 71.3. The minimum atomic E-state index is -0.841. The van der Waals surface area contributed by atoms with E-state index in [9.17, 15) is 19.8 Å². The van der Waals surface area contributed by atoms with Gasteiger partial charge in [0.05, 0.1) is 25.4 Å². The Kier molecular flexibility index (Phi) is 61.4. The van der Waals surface area contributed by atoms with E-state index in [0.29, 0.717) is 19.4 Å². The van der Waals surface area contributed by atoms with E-state index >= 15 is 0 Å². The van der Waals surface area contributed by atoms with E-state index in [4.69, 9.17) is 4.74 Å². The molecule has 0 aromatic heterocycles. The molecule has 0 saturated carbocycles. The number of esters is 1. The van der Waals surface area contributed by atoms with Crippen LogP contribution in [0.1, 0.15) is 367 Å². The van der Waals surface area contributed by atoms with Gasteiger partial charge < -0.3 is 20.3 Å². The zero-order valence-electron chi connectivity index (χ0n) is 49.4. The van der Waals surface area contributed by atoms with Crippen LogP contribution in [0.2, 0.25) is 0 Å². The summed E-state index contributed by atoms with van der Waals surface area (Å²) in [5, 5.41) is 23.0. The van der Waals surface area contributed by atoms with Crippen molar-refractivity contribution in [2.24, 2.45) is 0 Å². The molecule has 0 radical (unpaired) electrons. The Morgan fingerprint density at radius 1 is 0.370 bits per heavy atom. The first-order chi connectivity index (χ1) is 36.0. The molecule has 432 valence electrons. The molecule has 6 heteroatoms. The van der Waals surface area contributed by atoms with Crippen LogP contribution in [0, 0.1) is 0 Å². The standard InChI is InChI=1S/C67H129NO5/c1-3-5-7-9-11-13-14-15-16-17-32-35-38-41-45-49-53-57-61-67(72)73-62-58-54-50-46-42-39-36-33-30-28-26-24-22-20-18-19-21-23-25-27-29-31-34-37-40-44-48-52-56-60-66(71)68-64(63-69)65(70)59-55-51-47-43-12-10-8-6-4-2/h18,20,55,59,64-65,69-70H,3-17,19,21-54,56-58,60-63H2,1-2H3,(H,68,71)/b20-18-,59-55+. The van der Waals surface area contributed by atoms with Gasteiger partial charge in [-0.05, 0) is 57.8 Å². The van der Waals surface area contributed by atoms with Crippen molar-refractivity contribution < 1.29 is 24.5 Å². The molecule has 3 N–H and O–H groups in total. The number of hydrogen-bond donors (Lipinski definition) is 3. The Labute approximate surface area is 456 Å². The lowest BCUT2D eigenvalue weighted by Crippen LogP contribution is -2.45.